The van der Waals surface area contributed by atoms with E-state index >= 15 is 0 Å². The molecule has 1 heterocycles. The van der Waals surface area contributed by atoms with Gasteiger partial charge in [0.1, 0.15) is 11.5 Å². The zero-order chi connectivity index (χ0) is 14.6. The van der Waals surface area contributed by atoms with E-state index in [4.69, 9.17) is 10.8 Å². The molecule has 7 nitrogen and oxygen atoms in total. The molecule has 0 saturated heterocycles. The van der Waals surface area contributed by atoms with Crippen LogP contribution in [0.5, 0.6) is 0 Å². The third-order valence-electron chi connectivity index (χ3n) is 2.91. The number of nitrogen functional groups attached to an aromatic ring is 1. The summed E-state index contributed by atoms with van der Waals surface area (Å²) >= 11 is 0. The number of anilines is 2. The van der Waals surface area contributed by atoms with Crippen LogP contribution in [0.25, 0.3) is 0 Å². The molecule has 19 heavy (non-hydrogen) atoms. The fourth-order valence-corrected chi connectivity index (χ4v) is 2.04. The number of aliphatic hydroxyl groups is 1. The van der Waals surface area contributed by atoms with Gasteiger partial charge in [0.05, 0.1) is 6.61 Å². The third-order valence-corrected chi connectivity index (χ3v) is 2.91. The fourth-order valence-electron chi connectivity index (χ4n) is 2.04. The van der Waals surface area contributed by atoms with Gasteiger partial charge in [0.2, 0.25) is 0 Å². The summed E-state index contributed by atoms with van der Waals surface area (Å²) in [6.07, 6.45) is 0.733. The van der Waals surface area contributed by atoms with E-state index in [1.165, 1.54) is 4.57 Å². The Kier molecular flexibility index (Phi) is 5.17. The van der Waals surface area contributed by atoms with Crippen molar-refractivity contribution in [3.8, 4) is 0 Å². The molecule has 1 aromatic rings. The highest BCUT2D eigenvalue weighted by Gasteiger charge is 2.20. The Morgan fingerprint density at radius 3 is 2.53 bits per heavy atom. The Hall–Kier alpha value is -1.76. The summed E-state index contributed by atoms with van der Waals surface area (Å²) in [4.78, 5) is 27.6. The first-order valence-corrected chi connectivity index (χ1v) is 6.44. The zero-order valence-corrected chi connectivity index (χ0v) is 11.6. The van der Waals surface area contributed by atoms with Crippen LogP contribution < -0.4 is 21.9 Å². The molecule has 0 aromatic carbocycles. The van der Waals surface area contributed by atoms with Gasteiger partial charge in [0.25, 0.3) is 5.56 Å². The van der Waals surface area contributed by atoms with Gasteiger partial charge in [-0.3, -0.25) is 14.3 Å². The number of nitrogens with two attached hydrogens (primary N) is 1. The molecule has 0 aliphatic heterocycles. The molecule has 1 aromatic heterocycles. The number of rotatable bonds is 6. The molecule has 108 valence electrons. The van der Waals surface area contributed by atoms with Gasteiger partial charge in [0.15, 0.2) is 0 Å². The van der Waals surface area contributed by atoms with Gasteiger partial charge in [-0.1, -0.05) is 6.92 Å². The van der Waals surface area contributed by atoms with E-state index in [9.17, 15) is 9.59 Å². The average Bonchev–Trinajstić information content (AvgIpc) is 2.33. The molecular formula is C12H22N4O3. The minimum atomic E-state index is -0.517. The molecule has 0 saturated carbocycles. The average molecular weight is 270 g/mol. The highest BCUT2D eigenvalue weighted by molar-refractivity contribution is 5.62. The van der Waals surface area contributed by atoms with Gasteiger partial charge >= 0.3 is 5.69 Å². The summed E-state index contributed by atoms with van der Waals surface area (Å²) in [5.74, 6) is 0.151. The second kappa shape index (κ2) is 6.42. The second-order valence-electron chi connectivity index (χ2n) is 4.66. The Morgan fingerprint density at radius 2 is 2.05 bits per heavy atom. The molecule has 0 aliphatic carbocycles. The van der Waals surface area contributed by atoms with Gasteiger partial charge in [-0.25, -0.2) is 4.79 Å². The number of H-pyrrole nitrogens is 1. The van der Waals surface area contributed by atoms with Crippen LogP contribution in [0.15, 0.2) is 9.59 Å². The van der Waals surface area contributed by atoms with E-state index in [1.54, 1.807) is 4.90 Å². The normalized spacial score (nSPS) is 11.0. The van der Waals surface area contributed by atoms with E-state index in [2.05, 4.69) is 4.98 Å². The largest absolute Gasteiger partial charge is 0.395 e. The van der Waals surface area contributed by atoms with E-state index in [-0.39, 0.29) is 30.7 Å². The van der Waals surface area contributed by atoms with Gasteiger partial charge in [-0.05, 0) is 20.3 Å². The number of hydrogen-bond donors (Lipinski definition) is 3. The quantitative estimate of drug-likeness (QED) is 0.660. The highest BCUT2D eigenvalue weighted by Crippen LogP contribution is 2.18. The van der Waals surface area contributed by atoms with Crippen molar-refractivity contribution in [2.24, 2.45) is 0 Å². The molecule has 0 fully saturated rings. The van der Waals surface area contributed by atoms with Crippen LogP contribution in [0.2, 0.25) is 0 Å². The number of hydrogen-bond acceptors (Lipinski definition) is 5. The van der Waals surface area contributed by atoms with Gasteiger partial charge in [0, 0.05) is 19.1 Å². The molecule has 0 radical (unpaired) electrons. The number of nitrogens with one attached hydrogen (secondary N) is 1. The maximum atomic E-state index is 12.0. The minimum Gasteiger partial charge on any atom is -0.395 e. The van der Waals surface area contributed by atoms with Crippen molar-refractivity contribution in [1.29, 1.82) is 0 Å². The van der Waals surface area contributed by atoms with Crippen molar-refractivity contribution in [2.45, 2.75) is 39.8 Å². The van der Waals surface area contributed by atoms with Crippen molar-refractivity contribution < 1.29 is 5.11 Å². The molecule has 0 aliphatic rings. The predicted molar refractivity (Wildman–Crippen MR) is 75.6 cm³/mol. The lowest BCUT2D eigenvalue weighted by atomic mass is 10.2. The number of nitrogens with zero attached hydrogens (tertiary/aromatic N) is 2. The number of aromatic nitrogens is 2. The molecule has 0 atom stereocenters. The molecule has 0 unspecified atom stereocenters. The number of aromatic amines is 1. The molecule has 1 rings (SSSR count). The van der Waals surface area contributed by atoms with Crippen LogP contribution in [0.4, 0.5) is 11.5 Å². The van der Waals surface area contributed by atoms with Crippen molar-refractivity contribution in [3.05, 3.63) is 20.8 Å². The van der Waals surface area contributed by atoms with Gasteiger partial charge in [-0.2, -0.15) is 0 Å². The molecule has 0 bridgehead atoms. The Balaban J connectivity index is 3.45. The highest BCUT2D eigenvalue weighted by atomic mass is 16.3. The minimum absolute atomic E-state index is 0.0110. The van der Waals surface area contributed by atoms with E-state index in [1.807, 2.05) is 20.8 Å². The van der Waals surface area contributed by atoms with Gasteiger partial charge < -0.3 is 15.7 Å². The smallest absolute Gasteiger partial charge is 0.330 e. The van der Waals surface area contributed by atoms with Crippen molar-refractivity contribution >= 4 is 11.5 Å². The summed E-state index contributed by atoms with van der Waals surface area (Å²) in [5, 5.41) is 9.09. The number of aliphatic hydroxyl groups excluding tert-OH is 1. The summed E-state index contributed by atoms with van der Waals surface area (Å²) < 4.78 is 1.35. The Labute approximate surface area is 111 Å². The van der Waals surface area contributed by atoms with Crippen LogP contribution >= 0.6 is 0 Å². The van der Waals surface area contributed by atoms with E-state index < -0.39 is 11.2 Å². The Morgan fingerprint density at radius 1 is 1.42 bits per heavy atom. The maximum absolute atomic E-state index is 12.0. The first-order chi connectivity index (χ1) is 8.93. The van der Waals surface area contributed by atoms with Crippen molar-refractivity contribution in [3.63, 3.8) is 0 Å². The molecule has 0 amide bonds. The first kappa shape index (κ1) is 15.3. The lowest BCUT2D eigenvalue weighted by Gasteiger charge is -2.29. The molecule has 7 heteroatoms. The molecular weight excluding hydrogens is 248 g/mol. The van der Waals surface area contributed by atoms with Crippen LogP contribution in [-0.2, 0) is 6.54 Å². The van der Waals surface area contributed by atoms with E-state index in [0.717, 1.165) is 6.42 Å². The molecule has 0 spiro atoms. The monoisotopic (exact) mass is 270 g/mol. The van der Waals surface area contributed by atoms with Crippen LogP contribution in [0.3, 0.4) is 0 Å². The fraction of sp³-hybridized carbons (Fsp3) is 0.667. The topological polar surface area (TPSA) is 104 Å². The standard InChI is InChI=1S/C12H22N4O3/c1-4-5-16-10(13)9(11(18)14-12(16)19)15(6-7-17)8(2)3/h8,17H,4-7,13H2,1-3H3,(H,14,18,19). The SMILES string of the molecule is CCCn1c(N)c(N(CCO)C(C)C)c(=O)[nH]c1=O. The Bertz CT molecular complexity index is 533. The first-order valence-electron chi connectivity index (χ1n) is 6.44. The summed E-state index contributed by atoms with van der Waals surface area (Å²) in [7, 11) is 0. The maximum Gasteiger partial charge on any atom is 0.330 e. The summed E-state index contributed by atoms with van der Waals surface area (Å²) in [5.41, 5.74) is 5.19. The molecule has 4 N–H and O–H groups in total. The van der Waals surface area contributed by atoms with Crippen LogP contribution in [-0.4, -0.2) is 33.9 Å². The summed E-state index contributed by atoms with van der Waals surface area (Å²) in [6, 6.07) is -0.0110. The summed E-state index contributed by atoms with van der Waals surface area (Å²) in [6.45, 7) is 6.34. The third kappa shape index (κ3) is 3.17. The van der Waals surface area contributed by atoms with Gasteiger partial charge in [-0.15, -0.1) is 0 Å². The van der Waals surface area contributed by atoms with Crippen molar-refractivity contribution in [2.75, 3.05) is 23.8 Å². The zero-order valence-electron chi connectivity index (χ0n) is 11.6. The van der Waals surface area contributed by atoms with Crippen molar-refractivity contribution in [1.82, 2.24) is 9.55 Å². The van der Waals surface area contributed by atoms with Crippen LogP contribution in [0, 0.1) is 0 Å². The lowest BCUT2D eigenvalue weighted by Crippen LogP contribution is -2.42. The second-order valence-corrected chi connectivity index (χ2v) is 4.66. The predicted octanol–water partition coefficient (Wildman–Crippen LogP) is -0.264. The lowest BCUT2D eigenvalue weighted by molar-refractivity contribution is 0.299. The van der Waals surface area contributed by atoms with E-state index in [0.29, 0.717) is 6.54 Å². The van der Waals surface area contributed by atoms with Crippen LogP contribution in [0.1, 0.15) is 27.2 Å².